The van der Waals surface area contributed by atoms with Gasteiger partial charge < -0.3 is 10.2 Å². The molecule has 1 heterocycles. The molecule has 1 aromatic rings. The van der Waals surface area contributed by atoms with E-state index in [-0.39, 0.29) is 24.3 Å². The average Bonchev–Trinajstić information content (AvgIpc) is 2.85. The van der Waals surface area contributed by atoms with Gasteiger partial charge in [-0.15, -0.1) is 0 Å². The van der Waals surface area contributed by atoms with Crippen molar-refractivity contribution in [3.63, 3.8) is 0 Å². The van der Waals surface area contributed by atoms with Crippen LogP contribution in [0.4, 0.5) is 13.2 Å². The molecule has 0 aliphatic carbocycles. The number of phenols is 1. The summed E-state index contributed by atoms with van der Waals surface area (Å²) in [5, 5.41) is 19.2. The quantitative estimate of drug-likeness (QED) is 0.880. The van der Waals surface area contributed by atoms with Gasteiger partial charge in [0.25, 0.3) is 0 Å². The zero-order valence-electron chi connectivity index (χ0n) is 13.9. The van der Waals surface area contributed by atoms with Crippen molar-refractivity contribution in [1.82, 2.24) is 4.90 Å². The highest BCUT2D eigenvalue weighted by Gasteiger charge is 2.63. The summed E-state index contributed by atoms with van der Waals surface area (Å²) in [5.41, 5.74) is -1.47. The van der Waals surface area contributed by atoms with Crippen molar-refractivity contribution in [2.75, 3.05) is 13.1 Å². The summed E-state index contributed by atoms with van der Waals surface area (Å²) in [4.78, 5) is 12.6. The van der Waals surface area contributed by atoms with Crippen molar-refractivity contribution in [2.24, 2.45) is 5.41 Å². The summed E-state index contributed by atoms with van der Waals surface area (Å²) >= 11 is 0. The van der Waals surface area contributed by atoms with Gasteiger partial charge in [0, 0.05) is 25.2 Å². The molecular weight excluding hydrogens is 323 g/mol. The van der Waals surface area contributed by atoms with Gasteiger partial charge in [0.15, 0.2) is 5.41 Å². The smallest absolute Gasteiger partial charge is 0.406 e. The lowest BCUT2D eigenvalue weighted by atomic mass is 9.86. The monoisotopic (exact) mass is 345 g/mol. The number of aromatic hydroxyl groups is 1. The second-order valence-corrected chi connectivity index (χ2v) is 7.44. The largest absolute Gasteiger partial charge is 0.508 e. The van der Waals surface area contributed by atoms with Gasteiger partial charge in [-0.2, -0.15) is 13.2 Å². The van der Waals surface area contributed by atoms with E-state index in [1.165, 1.54) is 4.90 Å². The first-order valence-electron chi connectivity index (χ1n) is 7.72. The highest BCUT2D eigenvalue weighted by molar-refractivity contribution is 5.76. The minimum atomic E-state index is -4.80. The fourth-order valence-corrected chi connectivity index (χ4v) is 2.96. The van der Waals surface area contributed by atoms with Gasteiger partial charge in [0.05, 0.1) is 0 Å². The van der Waals surface area contributed by atoms with Crippen LogP contribution in [-0.2, 0) is 16.8 Å². The fourth-order valence-electron chi connectivity index (χ4n) is 2.96. The minimum absolute atomic E-state index is 0.0160. The SMILES string of the molecule is CC(C)(C)c1ccc(CN2CCC(C(=O)O)(C(F)(F)F)C2)c(O)c1. The Morgan fingerprint density at radius 1 is 1.29 bits per heavy atom. The van der Waals surface area contributed by atoms with Crippen molar-refractivity contribution >= 4 is 5.97 Å². The number of benzene rings is 1. The molecule has 0 radical (unpaired) electrons. The van der Waals surface area contributed by atoms with Crippen LogP contribution in [0, 0.1) is 5.41 Å². The van der Waals surface area contributed by atoms with Gasteiger partial charge in [0.2, 0.25) is 0 Å². The second kappa shape index (κ2) is 5.95. The number of halogens is 3. The molecule has 0 bridgehead atoms. The van der Waals surface area contributed by atoms with Gasteiger partial charge in [-0.05, 0) is 23.5 Å². The van der Waals surface area contributed by atoms with Gasteiger partial charge in [0.1, 0.15) is 5.75 Å². The van der Waals surface area contributed by atoms with E-state index in [9.17, 15) is 23.1 Å². The van der Waals surface area contributed by atoms with Crippen LogP contribution in [0.1, 0.15) is 38.3 Å². The van der Waals surface area contributed by atoms with Crippen molar-refractivity contribution < 1.29 is 28.2 Å². The molecular formula is C17H22F3NO3. The third-order valence-corrected chi connectivity index (χ3v) is 4.65. The highest BCUT2D eigenvalue weighted by atomic mass is 19.4. The van der Waals surface area contributed by atoms with Crippen LogP contribution in [-0.4, -0.2) is 40.3 Å². The standard InChI is InChI=1S/C17H22F3NO3/c1-15(2,3)12-5-4-11(13(22)8-12)9-21-7-6-16(10-21,14(23)24)17(18,19)20/h4-5,8,22H,6-7,9-10H2,1-3H3,(H,23,24). The molecule has 0 spiro atoms. The van der Waals surface area contributed by atoms with Crippen LogP contribution in [0.2, 0.25) is 0 Å². The molecule has 24 heavy (non-hydrogen) atoms. The van der Waals surface area contributed by atoms with E-state index in [0.29, 0.717) is 5.56 Å². The van der Waals surface area contributed by atoms with Crippen LogP contribution in [0.5, 0.6) is 5.75 Å². The molecule has 7 heteroatoms. The Kier molecular flexibility index (Phi) is 4.61. The molecule has 2 N–H and O–H groups in total. The summed E-state index contributed by atoms with van der Waals surface area (Å²) in [5.74, 6) is -1.83. The Bertz CT molecular complexity index is 637. The summed E-state index contributed by atoms with van der Waals surface area (Å²) in [6.45, 7) is 5.48. The lowest BCUT2D eigenvalue weighted by Crippen LogP contribution is -2.47. The fraction of sp³-hybridized carbons (Fsp3) is 0.588. The van der Waals surface area contributed by atoms with Gasteiger partial charge in [-0.25, -0.2) is 0 Å². The molecule has 1 atom stereocenters. The van der Waals surface area contributed by atoms with E-state index in [4.69, 9.17) is 5.11 Å². The normalized spacial score (nSPS) is 22.8. The third kappa shape index (κ3) is 3.36. The van der Waals surface area contributed by atoms with E-state index in [2.05, 4.69) is 0 Å². The molecule has 0 saturated carbocycles. The Hall–Kier alpha value is -1.76. The van der Waals surface area contributed by atoms with Crippen LogP contribution in [0.25, 0.3) is 0 Å². The van der Waals surface area contributed by atoms with Crippen molar-refractivity contribution in [3.8, 4) is 5.75 Å². The first kappa shape index (κ1) is 18.6. The lowest BCUT2D eigenvalue weighted by molar-refractivity contribution is -0.227. The maximum absolute atomic E-state index is 13.2. The zero-order chi connectivity index (χ0) is 18.3. The Balaban J connectivity index is 2.18. The molecule has 1 aliphatic heterocycles. The van der Waals surface area contributed by atoms with Gasteiger partial charge >= 0.3 is 12.1 Å². The van der Waals surface area contributed by atoms with Crippen molar-refractivity contribution in [1.29, 1.82) is 0 Å². The molecule has 134 valence electrons. The van der Waals surface area contributed by atoms with Gasteiger partial charge in [-0.1, -0.05) is 32.9 Å². The highest BCUT2D eigenvalue weighted by Crippen LogP contribution is 2.46. The Labute approximate surface area is 138 Å². The number of hydrogen-bond donors (Lipinski definition) is 2. The number of hydrogen-bond acceptors (Lipinski definition) is 3. The molecule has 0 aromatic heterocycles. The topological polar surface area (TPSA) is 60.8 Å². The van der Waals surface area contributed by atoms with E-state index in [1.807, 2.05) is 26.8 Å². The molecule has 4 nitrogen and oxygen atoms in total. The first-order chi connectivity index (χ1) is 10.9. The van der Waals surface area contributed by atoms with Crippen LogP contribution >= 0.6 is 0 Å². The van der Waals surface area contributed by atoms with Crippen molar-refractivity contribution in [3.05, 3.63) is 29.3 Å². The predicted molar refractivity (Wildman–Crippen MR) is 82.8 cm³/mol. The Morgan fingerprint density at radius 2 is 1.92 bits per heavy atom. The number of carboxylic acid groups (broad SMARTS) is 1. The van der Waals surface area contributed by atoms with E-state index >= 15 is 0 Å². The minimum Gasteiger partial charge on any atom is -0.508 e. The molecule has 1 aromatic carbocycles. The number of phenolic OH excluding ortho intramolecular Hbond substituents is 1. The Morgan fingerprint density at radius 3 is 2.33 bits per heavy atom. The number of aliphatic carboxylic acids is 1. The van der Waals surface area contributed by atoms with E-state index in [1.54, 1.807) is 12.1 Å². The molecule has 1 fully saturated rings. The van der Waals surface area contributed by atoms with Crippen LogP contribution in [0.15, 0.2) is 18.2 Å². The molecule has 1 saturated heterocycles. The molecule has 1 aliphatic rings. The first-order valence-corrected chi connectivity index (χ1v) is 7.72. The molecule has 1 unspecified atom stereocenters. The van der Waals surface area contributed by atoms with Crippen LogP contribution in [0.3, 0.4) is 0 Å². The van der Waals surface area contributed by atoms with Crippen LogP contribution < -0.4 is 0 Å². The average molecular weight is 345 g/mol. The number of carbonyl (C=O) groups is 1. The summed E-state index contributed by atoms with van der Waals surface area (Å²) in [7, 11) is 0. The number of carboxylic acids is 1. The summed E-state index contributed by atoms with van der Waals surface area (Å²) in [6.07, 6.45) is -5.28. The molecule has 0 amide bonds. The van der Waals surface area contributed by atoms with E-state index in [0.717, 1.165) is 5.56 Å². The number of alkyl halides is 3. The number of likely N-dealkylation sites (tertiary alicyclic amines) is 1. The van der Waals surface area contributed by atoms with Gasteiger partial charge in [-0.3, -0.25) is 9.69 Å². The second-order valence-electron chi connectivity index (χ2n) is 7.44. The maximum Gasteiger partial charge on any atom is 0.406 e. The predicted octanol–water partition coefficient (Wildman–Crippen LogP) is 3.53. The third-order valence-electron chi connectivity index (χ3n) is 4.65. The maximum atomic E-state index is 13.2. The van der Waals surface area contributed by atoms with E-state index < -0.39 is 30.5 Å². The molecule has 2 rings (SSSR count). The summed E-state index contributed by atoms with van der Waals surface area (Å²) < 4.78 is 39.6. The van der Waals surface area contributed by atoms with Crippen molar-refractivity contribution in [2.45, 2.75) is 45.3 Å². The number of nitrogens with zero attached hydrogens (tertiary/aromatic N) is 1. The lowest BCUT2D eigenvalue weighted by Gasteiger charge is -2.27. The number of rotatable bonds is 3. The summed E-state index contributed by atoms with van der Waals surface area (Å²) in [6, 6.07) is 5.13. The zero-order valence-corrected chi connectivity index (χ0v) is 13.9.